The number of hydrogen-bond donors (Lipinski definition) is 2. The molecule has 19 heavy (non-hydrogen) atoms. The van der Waals surface area contributed by atoms with Gasteiger partial charge in [0.05, 0.1) is 0 Å². The minimum Gasteiger partial charge on any atom is -0.484 e. The third-order valence-corrected chi connectivity index (χ3v) is 2.34. The molecule has 0 fully saturated rings. The van der Waals surface area contributed by atoms with Gasteiger partial charge >= 0.3 is 0 Å². The van der Waals surface area contributed by atoms with E-state index in [0.29, 0.717) is 17.1 Å². The molecule has 98 valence electrons. The van der Waals surface area contributed by atoms with Crippen molar-refractivity contribution in [3.63, 3.8) is 0 Å². The maximum absolute atomic E-state index is 12.9. The van der Waals surface area contributed by atoms with Crippen LogP contribution >= 0.6 is 0 Å². The van der Waals surface area contributed by atoms with E-state index >= 15 is 0 Å². The number of nitrogen functional groups attached to an aromatic ring is 1. The molecule has 2 aromatic carbocycles. The highest BCUT2D eigenvalue weighted by molar-refractivity contribution is 5.92. The minimum absolute atomic E-state index is 0.196. The lowest BCUT2D eigenvalue weighted by molar-refractivity contribution is -0.118. The van der Waals surface area contributed by atoms with E-state index < -0.39 is 5.82 Å². The fraction of sp³-hybridized carbons (Fsp3) is 0.0714. The van der Waals surface area contributed by atoms with Crippen molar-refractivity contribution in [2.75, 3.05) is 17.7 Å². The lowest BCUT2D eigenvalue weighted by atomic mass is 10.3. The van der Waals surface area contributed by atoms with Crippen LogP contribution in [0.25, 0.3) is 0 Å². The Labute approximate surface area is 110 Å². The molecule has 0 aliphatic heterocycles. The van der Waals surface area contributed by atoms with Crippen molar-refractivity contribution < 1.29 is 13.9 Å². The van der Waals surface area contributed by atoms with Crippen molar-refractivity contribution in [3.05, 3.63) is 54.3 Å². The van der Waals surface area contributed by atoms with E-state index in [-0.39, 0.29) is 12.5 Å². The Bertz CT molecular complexity index is 587. The van der Waals surface area contributed by atoms with Crippen molar-refractivity contribution in [1.29, 1.82) is 0 Å². The summed E-state index contributed by atoms with van der Waals surface area (Å²) in [6.07, 6.45) is 0. The van der Waals surface area contributed by atoms with Gasteiger partial charge in [0.15, 0.2) is 6.61 Å². The zero-order valence-corrected chi connectivity index (χ0v) is 10.1. The Morgan fingerprint density at radius 2 is 2.00 bits per heavy atom. The van der Waals surface area contributed by atoms with E-state index in [1.165, 1.54) is 18.2 Å². The Kier molecular flexibility index (Phi) is 3.97. The van der Waals surface area contributed by atoms with E-state index in [9.17, 15) is 9.18 Å². The van der Waals surface area contributed by atoms with Gasteiger partial charge in [-0.2, -0.15) is 0 Å². The summed E-state index contributed by atoms with van der Waals surface area (Å²) in [5.41, 5.74) is 6.74. The standard InChI is InChI=1S/C14H13FN2O2/c15-10-3-1-6-13(7-10)19-9-14(18)17-12-5-2-4-11(16)8-12/h1-8H,9,16H2,(H,17,18). The number of benzene rings is 2. The highest BCUT2D eigenvalue weighted by Crippen LogP contribution is 2.13. The van der Waals surface area contributed by atoms with Gasteiger partial charge < -0.3 is 15.8 Å². The molecular formula is C14H13FN2O2. The van der Waals surface area contributed by atoms with Crippen molar-refractivity contribution in [1.82, 2.24) is 0 Å². The first-order valence-corrected chi connectivity index (χ1v) is 5.67. The molecule has 2 aromatic rings. The number of nitrogens with two attached hydrogens (primary N) is 1. The van der Waals surface area contributed by atoms with Crippen molar-refractivity contribution in [3.8, 4) is 5.75 Å². The van der Waals surface area contributed by atoms with Gasteiger partial charge in [0.25, 0.3) is 5.91 Å². The summed E-state index contributed by atoms with van der Waals surface area (Å²) >= 11 is 0. The molecule has 2 rings (SSSR count). The van der Waals surface area contributed by atoms with Crippen LogP contribution in [0.15, 0.2) is 48.5 Å². The van der Waals surface area contributed by atoms with Gasteiger partial charge in [-0.15, -0.1) is 0 Å². The summed E-state index contributed by atoms with van der Waals surface area (Å²) in [6.45, 7) is -0.196. The lowest BCUT2D eigenvalue weighted by Crippen LogP contribution is -2.20. The first-order valence-electron chi connectivity index (χ1n) is 5.67. The van der Waals surface area contributed by atoms with Crippen LogP contribution in [0.5, 0.6) is 5.75 Å². The van der Waals surface area contributed by atoms with Gasteiger partial charge in [-0.05, 0) is 30.3 Å². The third kappa shape index (κ3) is 3.99. The summed E-state index contributed by atoms with van der Waals surface area (Å²) < 4.78 is 18.1. The molecule has 0 atom stereocenters. The van der Waals surface area contributed by atoms with Gasteiger partial charge in [0.2, 0.25) is 0 Å². The minimum atomic E-state index is -0.409. The monoisotopic (exact) mass is 260 g/mol. The normalized spacial score (nSPS) is 9.95. The predicted octanol–water partition coefficient (Wildman–Crippen LogP) is 2.43. The second-order valence-corrected chi connectivity index (χ2v) is 3.92. The molecule has 1 amide bonds. The van der Waals surface area contributed by atoms with Crippen LogP contribution in [-0.4, -0.2) is 12.5 Å². The highest BCUT2D eigenvalue weighted by atomic mass is 19.1. The highest BCUT2D eigenvalue weighted by Gasteiger charge is 2.04. The molecular weight excluding hydrogens is 247 g/mol. The number of ether oxygens (including phenoxy) is 1. The van der Waals surface area contributed by atoms with E-state index in [2.05, 4.69) is 5.32 Å². The molecule has 0 heterocycles. The topological polar surface area (TPSA) is 64.3 Å². The SMILES string of the molecule is Nc1cccc(NC(=O)COc2cccc(F)c2)c1. The second-order valence-electron chi connectivity index (χ2n) is 3.92. The average molecular weight is 260 g/mol. The first kappa shape index (κ1) is 12.9. The van der Waals surface area contributed by atoms with Crippen molar-refractivity contribution in [2.45, 2.75) is 0 Å². The summed E-state index contributed by atoms with van der Waals surface area (Å²) in [6, 6.07) is 12.4. The molecule has 0 saturated carbocycles. The maximum atomic E-state index is 12.9. The number of carbonyl (C=O) groups is 1. The van der Waals surface area contributed by atoms with Crippen LogP contribution in [-0.2, 0) is 4.79 Å². The second kappa shape index (κ2) is 5.86. The summed E-state index contributed by atoms with van der Waals surface area (Å²) in [5, 5.41) is 2.63. The summed E-state index contributed by atoms with van der Waals surface area (Å²) in [4.78, 5) is 11.6. The smallest absolute Gasteiger partial charge is 0.262 e. The van der Waals surface area contributed by atoms with Gasteiger partial charge in [-0.25, -0.2) is 4.39 Å². The quantitative estimate of drug-likeness (QED) is 0.830. The van der Waals surface area contributed by atoms with Crippen LogP contribution in [0, 0.1) is 5.82 Å². The number of nitrogens with one attached hydrogen (secondary N) is 1. The van der Waals surface area contributed by atoms with Crippen LogP contribution < -0.4 is 15.8 Å². The van der Waals surface area contributed by atoms with Crippen LogP contribution in [0.3, 0.4) is 0 Å². The molecule has 0 aromatic heterocycles. The van der Waals surface area contributed by atoms with Gasteiger partial charge in [-0.1, -0.05) is 12.1 Å². The Morgan fingerprint density at radius 1 is 1.21 bits per heavy atom. The third-order valence-electron chi connectivity index (χ3n) is 2.34. The van der Waals surface area contributed by atoms with Crippen LogP contribution in [0.1, 0.15) is 0 Å². The zero-order chi connectivity index (χ0) is 13.7. The number of rotatable bonds is 4. The fourth-order valence-corrected chi connectivity index (χ4v) is 1.52. The van der Waals surface area contributed by atoms with Crippen molar-refractivity contribution >= 4 is 17.3 Å². The largest absolute Gasteiger partial charge is 0.484 e. The number of halogens is 1. The molecule has 3 N–H and O–H groups in total. The number of carbonyl (C=O) groups excluding carboxylic acids is 1. The molecule has 0 radical (unpaired) electrons. The molecule has 0 aliphatic carbocycles. The van der Waals surface area contributed by atoms with Crippen LogP contribution in [0.2, 0.25) is 0 Å². The van der Waals surface area contributed by atoms with E-state index in [0.717, 1.165) is 0 Å². The summed E-state index contributed by atoms with van der Waals surface area (Å²) in [7, 11) is 0. The molecule has 0 unspecified atom stereocenters. The molecule has 4 nitrogen and oxygen atoms in total. The van der Waals surface area contributed by atoms with E-state index in [1.54, 1.807) is 30.3 Å². The molecule has 0 aliphatic rings. The van der Waals surface area contributed by atoms with Gasteiger partial charge in [0.1, 0.15) is 11.6 Å². The number of hydrogen-bond acceptors (Lipinski definition) is 3. The average Bonchev–Trinajstić information content (AvgIpc) is 2.36. The van der Waals surface area contributed by atoms with Gasteiger partial charge in [0, 0.05) is 17.4 Å². The van der Waals surface area contributed by atoms with Gasteiger partial charge in [-0.3, -0.25) is 4.79 Å². The Morgan fingerprint density at radius 3 is 2.74 bits per heavy atom. The van der Waals surface area contributed by atoms with E-state index in [4.69, 9.17) is 10.5 Å². The number of anilines is 2. The molecule has 0 bridgehead atoms. The molecule has 0 spiro atoms. The number of amides is 1. The first-order chi connectivity index (χ1) is 9.13. The Hall–Kier alpha value is -2.56. The zero-order valence-electron chi connectivity index (χ0n) is 10.1. The fourth-order valence-electron chi connectivity index (χ4n) is 1.52. The lowest BCUT2D eigenvalue weighted by Gasteiger charge is -2.08. The molecule has 5 heteroatoms. The Balaban J connectivity index is 1.88. The predicted molar refractivity (Wildman–Crippen MR) is 71.4 cm³/mol. The van der Waals surface area contributed by atoms with E-state index in [1.807, 2.05) is 0 Å². The molecule has 0 saturated heterocycles. The van der Waals surface area contributed by atoms with Crippen LogP contribution in [0.4, 0.5) is 15.8 Å². The maximum Gasteiger partial charge on any atom is 0.262 e. The van der Waals surface area contributed by atoms with Crippen molar-refractivity contribution in [2.24, 2.45) is 0 Å². The summed E-state index contributed by atoms with van der Waals surface area (Å²) in [5.74, 6) is -0.439.